The van der Waals surface area contributed by atoms with Crippen LogP contribution in [0.4, 0.5) is 11.6 Å². The lowest BCUT2D eigenvalue weighted by atomic mass is 10.3. The van der Waals surface area contributed by atoms with Gasteiger partial charge in [-0.2, -0.15) is 9.61 Å². The largest absolute Gasteiger partial charge is 0.367 e. The Morgan fingerprint density at radius 1 is 1.50 bits per heavy atom. The molecule has 1 saturated carbocycles. The summed E-state index contributed by atoms with van der Waals surface area (Å²) in [5, 5.41) is 8.59. The van der Waals surface area contributed by atoms with E-state index in [-0.39, 0.29) is 4.87 Å². The lowest BCUT2D eigenvalue weighted by molar-refractivity contribution is 0.915. The number of nitrogens with one attached hydrogen (secondary N) is 2. The Labute approximate surface area is 142 Å². The van der Waals surface area contributed by atoms with E-state index in [2.05, 4.69) is 22.0 Å². The van der Waals surface area contributed by atoms with Gasteiger partial charge in [-0.25, -0.2) is 4.98 Å². The molecule has 7 nitrogen and oxygen atoms in total. The molecule has 0 unspecified atom stereocenters. The first-order chi connectivity index (χ1) is 11.5. The average molecular weight is 342 g/mol. The van der Waals surface area contributed by atoms with E-state index in [1.165, 1.54) is 12.8 Å². The third-order valence-electron chi connectivity index (χ3n) is 3.91. The highest BCUT2D eigenvalue weighted by Crippen LogP contribution is 2.27. The van der Waals surface area contributed by atoms with Gasteiger partial charge in [-0.3, -0.25) is 4.79 Å². The van der Waals surface area contributed by atoms with Gasteiger partial charge in [0.05, 0.1) is 16.1 Å². The number of H-pyrrole nitrogens is 1. The maximum Gasteiger partial charge on any atom is 0.305 e. The summed E-state index contributed by atoms with van der Waals surface area (Å²) in [4.78, 5) is 20.7. The molecule has 0 saturated heterocycles. The van der Waals surface area contributed by atoms with Gasteiger partial charge in [-0.15, -0.1) is 0 Å². The molecule has 3 aromatic heterocycles. The zero-order valence-corrected chi connectivity index (χ0v) is 14.4. The topological polar surface area (TPSA) is 78.3 Å². The zero-order chi connectivity index (χ0) is 16.8. The summed E-state index contributed by atoms with van der Waals surface area (Å²) in [5.41, 5.74) is 1.61. The van der Waals surface area contributed by atoms with Crippen molar-refractivity contribution in [1.82, 2.24) is 19.6 Å². The highest BCUT2D eigenvalue weighted by atomic mass is 32.1. The third kappa shape index (κ3) is 2.69. The molecular formula is C16H18N6OS. The first-order valence-electron chi connectivity index (χ1n) is 7.74. The van der Waals surface area contributed by atoms with Gasteiger partial charge in [-0.1, -0.05) is 17.9 Å². The highest BCUT2D eigenvalue weighted by molar-refractivity contribution is 7.07. The molecule has 3 aromatic rings. The fraction of sp³-hybridized carbons (Fsp3) is 0.312. The molecule has 24 heavy (non-hydrogen) atoms. The van der Waals surface area contributed by atoms with E-state index < -0.39 is 0 Å². The number of hydrogen-bond acceptors (Lipinski definition) is 6. The van der Waals surface area contributed by atoms with Gasteiger partial charge >= 0.3 is 4.87 Å². The minimum atomic E-state index is -0.110. The Hall–Kier alpha value is -2.61. The molecule has 124 valence electrons. The molecule has 1 aliphatic carbocycles. The van der Waals surface area contributed by atoms with Crippen molar-refractivity contribution < 1.29 is 0 Å². The van der Waals surface area contributed by atoms with Crippen LogP contribution in [0.2, 0.25) is 0 Å². The first-order valence-corrected chi connectivity index (χ1v) is 8.55. The van der Waals surface area contributed by atoms with Gasteiger partial charge in [0.25, 0.3) is 0 Å². The molecule has 0 radical (unpaired) electrons. The number of rotatable bonds is 4. The van der Waals surface area contributed by atoms with Crippen molar-refractivity contribution in [1.29, 1.82) is 0 Å². The van der Waals surface area contributed by atoms with Crippen molar-refractivity contribution in [3.05, 3.63) is 37.4 Å². The molecule has 4 rings (SSSR count). The molecule has 0 aliphatic heterocycles. The molecule has 0 amide bonds. The Morgan fingerprint density at radius 3 is 2.92 bits per heavy atom. The van der Waals surface area contributed by atoms with Crippen LogP contribution >= 0.6 is 11.3 Å². The lowest BCUT2D eigenvalue weighted by Crippen LogP contribution is -2.19. The summed E-state index contributed by atoms with van der Waals surface area (Å²) in [7, 11) is 3.93. The van der Waals surface area contributed by atoms with Crippen molar-refractivity contribution in [2.45, 2.75) is 18.9 Å². The van der Waals surface area contributed by atoms with Crippen LogP contribution in [0.25, 0.3) is 18.3 Å². The minimum Gasteiger partial charge on any atom is -0.367 e. The second-order valence-corrected chi connectivity index (χ2v) is 7.16. The second-order valence-electron chi connectivity index (χ2n) is 6.15. The van der Waals surface area contributed by atoms with Crippen LogP contribution < -0.4 is 25.0 Å². The van der Waals surface area contributed by atoms with E-state index in [0.717, 1.165) is 38.7 Å². The normalized spacial score (nSPS) is 15.2. The number of aromatic nitrogens is 4. The number of anilines is 2. The SMILES string of the molecule is C=c1[nH]c(=O)s/c1=C\c1cnn2c(NC3CC3)cc(N(C)C)nc12. The molecule has 0 spiro atoms. The Morgan fingerprint density at radius 2 is 2.29 bits per heavy atom. The van der Waals surface area contributed by atoms with Crippen molar-refractivity contribution in [3.63, 3.8) is 0 Å². The predicted molar refractivity (Wildman–Crippen MR) is 97.2 cm³/mol. The molecule has 0 atom stereocenters. The number of fused-ring (bicyclic) bond motifs is 1. The molecule has 2 N–H and O–H groups in total. The molecule has 8 heteroatoms. The number of thiazole rings is 1. The van der Waals surface area contributed by atoms with Crippen molar-refractivity contribution in [2.24, 2.45) is 0 Å². The van der Waals surface area contributed by atoms with Gasteiger partial charge in [0.15, 0.2) is 5.65 Å². The summed E-state index contributed by atoms with van der Waals surface area (Å²) < 4.78 is 2.61. The van der Waals surface area contributed by atoms with Crippen molar-refractivity contribution in [2.75, 3.05) is 24.3 Å². The van der Waals surface area contributed by atoms with Crippen LogP contribution in [0.15, 0.2) is 17.1 Å². The summed E-state index contributed by atoms with van der Waals surface area (Å²) in [6.45, 7) is 3.87. The van der Waals surface area contributed by atoms with Gasteiger partial charge in [0.1, 0.15) is 11.6 Å². The molecular weight excluding hydrogens is 324 g/mol. The van der Waals surface area contributed by atoms with E-state index in [4.69, 9.17) is 4.98 Å². The predicted octanol–water partition coefficient (Wildman–Crippen LogP) is 0.358. The maximum absolute atomic E-state index is 11.5. The molecule has 0 aromatic carbocycles. The summed E-state index contributed by atoms with van der Waals surface area (Å²) in [5.74, 6) is 1.79. The first kappa shape index (κ1) is 14.9. The summed E-state index contributed by atoms with van der Waals surface area (Å²) in [6, 6.07) is 2.52. The van der Waals surface area contributed by atoms with Crippen LogP contribution in [0, 0.1) is 0 Å². The number of aromatic amines is 1. The molecule has 1 fully saturated rings. The van der Waals surface area contributed by atoms with E-state index >= 15 is 0 Å². The standard InChI is InChI=1S/C16H18N6OS/c1-9-12(24-16(23)18-9)6-10-8-17-22-14(19-11-4-5-11)7-13(21(2)3)20-15(10)22/h6-8,11,19H,1,4-5H2,2-3H3,(H,18,23)/b12-6-. The Bertz CT molecular complexity index is 1070. The number of hydrogen-bond donors (Lipinski definition) is 2. The van der Waals surface area contributed by atoms with Crippen LogP contribution in [0.3, 0.4) is 0 Å². The quantitative estimate of drug-likeness (QED) is 0.716. The van der Waals surface area contributed by atoms with E-state index in [9.17, 15) is 4.79 Å². The van der Waals surface area contributed by atoms with Crippen LogP contribution in [0.5, 0.6) is 0 Å². The average Bonchev–Trinajstić information content (AvgIpc) is 3.16. The van der Waals surface area contributed by atoms with Gasteiger partial charge in [0, 0.05) is 31.8 Å². The highest BCUT2D eigenvalue weighted by Gasteiger charge is 2.23. The van der Waals surface area contributed by atoms with Crippen LogP contribution in [0.1, 0.15) is 18.4 Å². The Balaban J connectivity index is 1.92. The van der Waals surface area contributed by atoms with E-state index in [0.29, 0.717) is 11.4 Å². The van der Waals surface area contributed by atoms with Crippen molar-refractivity contribution in [3.8, 4) is 0 Å². The van der Waals surface area contributed by atoms with Crippen LogP contribution in [-0.2, 0) is 0 Å². The van der Waals surface area contributed by atoms with E-state index in [1.807, 2.05) is 35.7 Å². The Kier molecular flexibility index (Phi) is 3.42. The fourth-order valence-electron chi connectivity index (χ4n) is 2.47. The summed E-state index contributed by atoms with van der Waals surface area (Å²) >= 11 is 1.14. The second kappa shape index (κ2) is 5.48. The van der Waals surface area contributed by atoms with E-state index in [1.54, 1.807) is 6.20 Å². The van der Waals surface area contributed by atoms with Crippen LogP contribution in [-0.4, -0.2) is 39.7 Å². The monoisotopic (exact) mass is 342 g/mol. The summed E-state index contributed by atoms with van der Waals surface area (Å²) in [6.07, 6.45) is 6.04. The molecule has 0 bridgehead atoms. The zero-order valence-electron chi connectivity index (χ0n) is 13.5. The van der Waals surface area contributed by atoms with Gasteiger partial charge in [0.2, 0.25) is 0 Å². The minimum absolute atomic E-state index is 0.110. The van der Waals surface area contributed by atoms with Crippen molar-refractivity contribution >= 4 is 41.3 Å². The van der Waals surface area contributed by atoms with Gasteiger partial charge in [-0.05, 0) is 18.9 Å². The maximum atomic E-state index is 11.5. The molecule has 1 aliphatic rings. The molecule has 3 heterocycles. The fourth-order valence-corrected chi connectivity index (χ4v) is 3.20. The van der Waals surface area contributed by atoms with Gasteiger partial charge < -0.3 is 15.2 Å². The smallest absolute Gasteiger partial charge is 0.305 e. The number of nitrogens with zero attached hydrogens (tertiary/aromatic N) is 4. The lowest BCUT2D eigenvalue weighted by Gasteiger charge is -2.15. The third-order valence-corrected chi connectivity index (χ3v) is 4.78.